The number of imide groups is 1. The topological polar surface area (TPSA) is 57.6 Å². The van der Waals surface area contributed by atoms with Crippen LogP contribution in [0.4, 0.5) is 5.69 Å². The quantitative estimate of drug-likeness (QED) is 0.837. The molecule has 1 N–H and O–H groups in total. The summed E-state index contributed by atoms with van der Waals surface area (Å²) in [7, 11) is 0. The van der Waals surface area contributed by atoms with Crippen LogP contribution in [0.5, 0.6) is 0 Å². The first kappa shape index (κ1) is 12.4. The minimum atomic E-state index is -0.0475. The second-order valence-electron chi connectivity index (χ2n) is 5.36. The Balaban J connectivity index is 1.88. The number of piperidine rings is 1. The second-order valence-corrected chi connectivity index (χ2v) is 5.36. The number of amides is 2. The second kappa shape index (κ2) is 4.78. The van der Waals surface area contributed by atoms with Crippen LogP contribution in [0.1, 0.15) is 24.8 Å². The minimum Gasteiger partial charge on any atom is -0.396 e. The molecule has 2 bridgehead atoms. The Bertz CT molecular complexity index is 487. The van der Waals surface area contributed by atoms with E-state index in [0.717, 1.165) is 24.8 Å². The smallest absolute Gasteiger partial charge is 0.236 e. The van der Waals surface area contributed by atoms with Crippen molar-refractivity contribution in [2.24, 2.45) is 11.8 Å². The van der Waals surface area contributed by atoms with Crippen molar-refractivity contribution in [3.8, 4) is 0 Å². The van der Waals surface area contributed by atoms with Gasteiger partial charge in [0.25, 0.3) is 0 Å². The van der Waals surface area contributed by atoms with Gasteiger partial charge in [0.15, 0.2) is 0 Å². The van der Waals surface area contributed by atoms with Gasteiger partial charge in [-0.3, -0.25) is 14.5 Å². The summed E-state index contributed by atoms with van der Waals surface area (Å²) in [6.45, 7) is 0.102. The van der Waals surface area contributed by atoms with Gasteiger partial charge in [0.2, 0.25) is 11.8 Å². The molecule has 4 heteroatoms. The highest BCUT2D eigenvalue weighted by Gasteiger charge is 2.45. The Kier molecular flexibility index (Phi) is 3.11. The SMILES string of the molecule is O=C1C2CCC(C2)C(=O)N1c1ccc(CCO)cc1. The highest BCUT2D eigenvalue weighted by molar-refractivity contribution is 6.18. The summed E-state index contributed by atoms with van der Waals surface area (Å²) in [4.78, 5) is 25.9. The molecule has 1 saturated heterocycles. The van der Waals surface area contributed by atoms with E-state index in [0.29, 0.717) is 12.1 Å². The summed E-state index contributed by atoms with van der Waals surface area (Å²) in [5, 5.41) is 8.88. The molecule has 1 aliphatic heterocycles. The number of hydrogen-bond donors (Lipinski definition) is 1. The fourth-order valence-corrected chi connectivity index (χ4v) is 3.10. The van der Waals surface area contributed by atoms with Crippen LogP contribution in [0.25, 0.3) is 0 Å². The molecule has 19 heavy (non-hydrogen) atoms. The molecule has 100 valence electrons. The van der Waals surface area contributed by atoms with E-state index < -0.39 is 0 Å². The van der Waals surface area contributed by atoms with E-state index >= 15 is 0 Å². The lowest BCUT2D eigenvalue weighted by Gasteiger charge is -2.29. The number of aliphatic hydroxyl groups excluding tert-OH is 1. The third-order valence-electron chi connectivity index (χ3n) is 4.17. The zero-order valence-corrected chi connectivity index (χ0v) is 10.7. The minimum absolute atomic E-state index is 0.0276. The summed E-state index contributed by atoms with van der Waals surface area (Å²) >= 11 is 0. The molecule has 2 unspecified atom stereocenters. The van der Waals surface area contributed by atoms with Crippen LogP contribution < -0.4 is 4.90 Å². The first-order chi connectivity index (χ1) is 9.20. The zero-order chi connectivity index (χ0) is 13.4. The summed E-state index contributed by atoms with van der Waals surface area (Å²) < 4.78 is 0. The molecule has 1 aromatic rings. The van der Waals surface area contributed by atoms with Gasteiger partial charge in [-0.1, -0.05) is 12.1 Å². The number of carbonyl (C=O) groups is 2. The molecule has 2 fully saturated rings. The third-order valence-corrected chi connectivity index (χ3v) is 4.17. The third kappa shape index (κ3) is 2.06. The molecule has 0 spiro atoms. The Labute approximate surface area is 112 Å². The van der Waals surface area contributed by atoms with Crippen molar-refractivity contribution in [3.63, 3.8) is 0 Å². The van der Waals surface area contributed by atoms with Gasteiger partial charge in [-0.05, 0) is 43.4 Å². The van der Waals surface area contributed by atoms with Crippen LogP contribution in [0.2, 0.25) is 0 Å². The molecular weight excluding hydrogens is 242 g/mol. The summed E-state index contributed by atoms with van der Waals surface area (Å²) in [5.41, 5.74) is 1.67. The number of aliphatic hydroxyl groups is 1. The maximum absolute atomic E-state index is 12.3. The molecule has 1 aromatic carbocycles. The summed E-state index contributed by atoms with van der Waals surface area (Å²) in [5.74, 6) is -0.0399. The molecule has 0 radical (unpaired) electrons. The van der Waals surface area contributed by atoms with E-state index in [4.69, 9.17) is 5.11 Å². The molecule has 3 rings (SSSR count). The molecular formula is C15H17NO3. The monoisotopic (exact) mass is 259 g/mol. The lowest BCUT2D eigenvalue weighted by molar-refractivity contribution is -0.132. The maximum Gasteiger partial charge on any atom is 0.236 e. The van der Waals surface area contributed by atoms with Gasteiger partial charge in [0, 0.05) is 18.4 Å². The lowest BCUT2D eigenvalue weighted by atomic mass is 9.96. The van der Waals surface area contributed by atoms with E-state index in [9.17, 15) is 9.59 Å². The highest BCUT2D eigenvalue weighted by Crippen LogP contribution is 2.39. The fraction of sp³-hybridized carbons (Fsp3) is 0.467. The Hall–Kier alpha value is -1.68. The molecule has 2 amide bonds. The number of fused-ring (bicyclic) bond motifs is 2. The number of hydrogen-bond acceptors (Lipinski definition) is 3. The van der Waals surface area contributed by atoms with E-state index in [1.54, 1.807) is 12.1 Å². The van der Waals surface area contributed by atoms with Crippen molar-refractivity contribution in [3.05, 3.63) is 29.8 Å². The highest BCUT2D eigenvalue weighted by atomic mass is 16.3. The van der Waals surface area contributed by atoms with Crippen molar-refractivity contribution in [1.82, 2.24) is 0 Å². The van der Waals surface area contributed by atoms with Gasteiger partial charge in [-0.2, -0.15) is 0 Å². The largest absolute Gasteiger partial charge is 0.396 e. The molecule has 4 nitrogen and oxygen atoms in total. The van der Waals surface area contributed by atoms with E-state index in [1.807, 2.05) is 12.1 Å². The van der Waals surface area contributed by atoms with Crippen LogP contribution in [-0.4, -0.2) is 23.5 Å². The number of carbonyl (C=O) groups excluding carboxylic acids is 2. The average Bonchev–Trinajstić information content (AvgIpc) is 2.86. The molecule has 1 saturated carbocycles. The average molecular weight is 259 g/mol. The zero-order valence-electron chi connectivity index (χ0n) is 10.7. The normalized spacial score (nSPS) is 26.1. The fourth-order valence-electron chi connectivity index (χ4n) is 3.10. The van der Waals surface area contributed by atoms with E-state index in [-0.39, 0.29) is 30.3 Å². The molecule has 2 atom stereocenters. The van der Waals surface area contributed by atoms with Crippen molar-refractivity contribution < 1.29 is 14.7 Å². The predicted octanol–water partition coefficient (Wildman–Crippen LogP) is 1.51. The van der Waals surface area contributed by atoms with Gasteiger partial charge in [-0.15, -0.1) is 0 Å². The molecule has 2 aliphatic rings. The summed E-state index contributed by atoms with van der Waals surface area (Å²) in [6, 6.07) is 7.32. The van der Waals surface area contributed by atoms with Crippen LogP contribution in [0, 0.1) is 11.8 Å². The predicted molar refractivity (Wildman–Crippen MR) is 70.6 cm³/mol. The lowest BCUT2D eigenvalue weighted by Crippen LogP contribution is -2.46. The van der Waals surface area contributed by atoms with Gasteiger partial charge >= 0.3 is 0 Å². The van der Waals surface area contributed by atoms with Gasteiger partial charge in [0.05, 0.1) is 5.69 Å². The number of nitrogens with zero attached hydrogens (tertiary/aromatic N) is 1. The Morgan fingerprint density at radius 3 is 2.16 bits per heavy atom. The Morgan fingerprint density at radius 2 is 1.63 bits per heavy atom. The van der Waals surface area contributed by atoms with Crippen molar-refractivity contribution in [2.45, 2.75) is 25.7 Å². The molecule has 1 heterocycles. The van der Waals surface area contributed by atoms with Crippen LogP contribution in [0.3, 0.4) is 0 Å². The number of benzene rings is 1. The van der Waals surface area contributed by atoms with Crippen LogP contribution in [-0.2, 0) is 16.0 Å². The molecule has 0 aromatic heterocycles. The van der Waals surface area contributed by atoms with Crippen molar-refractivity contribution in [1.29, 1.82) is 0 Å². The van der Waals surface area contributed by atoms with Gasteiger partial charge in [-0.25, -0.2) is 0 Å². The summed E-state index contributed by atoms with van der Waals surface area (Å²) in [6.07, 6.45) is 3.01. The first-order valence-electron chi connectivity index (χ1n) is 6.78. The molecule has 1 aliphatic carbocycles. The van der Waals surface area contributed by atoms with Crippen molar-refractivity contribution >= 4 is 17.5 Å². The number of rotatable bonds is 3. The first-order valence-corrected chi connectivity index (χ1v) is 6.78. The van der Waals surface area contributed by atoms with Crippen molar-refractivity contribution in [2.75, 3.05) is 11.5 Å². The number of anilines is 1. The van der Waals surface area contributed by atoms with Crippen LogP contribution >= 0.6 is 0 Å². The van der Waals surface area contributed by atoms with Crippen LogP contribution in [0.15, 0.2) is 24.3 Å². The van der Waals surface area contributed by atoms with E-state index in [2.05, 4.69) is 0 Å². The maximum atomic E-state index is 12.3. The van der Waals surface area contributed by atoms with E-state index in [1.165, 1.54) is 4.90 Å². The Morgan fingerprint density at radius 1 is 1.05 bits per heavy atom. The standard InChI is InChI=1S/C15H17NO3/c17-8-7-10-1-5-13(6-2-10)16-14(18)11-3-4-12(9-11)15(16)19/h1-2,5-6,11-12,17H,3-4,7-9H2. The van der Waals surface area contributed by atoms with Gasteiger partial charge < -0.3 is 5.11 Å². The van der Waals surface area contributed by atoms with Gasteiger partial charge in [0.1, 0.15) is 0 Å².